The molecule has 1 aromatic rings. The van der Waals surface area contributed by atoms with Gasteiger partial charge in [0.15, 0.2) is 6.10 Å². The monoisotopic (exact) mass is 430 g/mol. The maximum absolute atomic E-state index is 12.4. The van der Waals surface area contributed by atoms with Gasteiger partial charge in [-0.15, -0.1) is 0 Å². The fourth-order valence-electron chi connectivity index (χ4n) is 6.07. The summed E-state index contributed by atoms with van der Waals surface area (Å²) < 4.78 is 11.9. The van der Waals surface area contributed by atoms with Gasteiger partial charge in [0.25, 0.3) is 0 Å². The highest BCUT2D eigenvalue weighted by atomic mass is 16.6. The van der Waals surface area contributed by atoms with Crippen molar-refractivity contribution in [2.75, 3.05) is 13.6 Å². The van der Waals surface area contributed by atoms with Gasteiger partial charge in [-0.3, -0.25) is 9.59 Å². The number of likely N-dealkylation sites (N-methyl/N-ethyl adjacent to an activating group) is 1. The van der Waals surface area contributed by atoms with Gasteiger partial charge in [-0.05, 0) is 38.1 Å². The summed E-state index contributed by atoms with van der Waals surface area (Å²) in [5.74, 6) is -1.22. The van der Waals surface area contributed by atoms with E-state index in [0.29, 0.717) is 24.2 Å². The van der Waals surface area contributed by atoms with E-state index in [2.05, 4.69) is 4.90 Å². The quantitative estimate of drug-likeness (QED) is 0.467. The number of benzene rings is 1. The van der Waals surface area contributed by atoms with Crippen molar-refractivity contribution >= 4 is 11.9 Å². The summed E-state index contributed by atoms with van der Waals surface area (Å²) in [6.07, 6.45) is 2.00. The van der Waals surface area contributed by atoms with E-state index in [-0.39, 0.29) is 24.8 Å². The molecule has 5 N–H and O–H groups in total. The first-order valence-corrected chi connectivity index (χ1v) is 10.5. The van der Waals surface area contributed by atoms with Gasteiger partial charge in [0.2, 0.25) is 0 Å². The molecule has 9 nitrogen and oxygen atoms in total. The fraction of sp³-hybridized carbons (Fsp3) is 0.545. The van der Waals surface area contributed by atoms with Crippen LogP contribution in [-0.4, -0.2) is 69.5 Å². The lowest BCUT2D eigenvalue weighted by molar-refractivity contribution is -0.169. The van der Waals surface area contributed by atoms with Crippen molar-refractivity contribution < 1.29 is 34.4 Å². The number of piperidine rings is 1. The molecule has 1 spiro atoms. The summed E-state index contributed by atoms with van der Waals surface area (Å²) in [6, 6.07) is 2.34. The molecule has 1 aromatic carbocycles. The van der Waals surface area contributed by atoms with Crippen LogP contribution in [0.4, 0.5) is 0 Å². The minimum Gasteiger partial charge on any atom is -0.481 e. The van der Waals surface area contributed by atoms with Gasteiger partial charge < -0.3 is 35.4 Å². The van der Waals surface area contributed by atoms with E-state index in [0.717, 1.165) is 17.7 Å². The zero-order valence-corrected chi connectivity index (χ0v) is 17.2. The molecular formula is C22H26N2O7. The number of hydrogen-bond donors (Lipinski definition) is 4. The summed E-state index contributed by atoms with van der Waals surface area (Å²) in [4.78, 5) is 25.6. The zero-order chi connectivity index (χ0) is 22.1. The highest BCUT2D eigenvalue weighted by molar-refractivity contribution is 5.81. The van der Waals surface area contributed by atoms with Crippen molar-refractivity contribution in [3.63, 3.8) is 0 Å². The van der Waals surface area contributed by atoms with Gasteiger partial charge in [-0.2, -0.15) is 0 Å². The second-order valence-corrected chi connectivity index (χ2v) is 9.02. The summed E-state index contributed by atoms with van der Waals surface area (Å²) >= 11 is 0. The lowest BCUT2D eigenvalue weighted by atomic mass is 9.50. The lowest BCUT2D eigenvalue weighted by Crippen LogP contribution is -2.74. The molecule has 1 saturated heterocycles. The summed E-state index contributed by atoms with van der Waals surface area (Å²) in [6.45, 7) is 0.527. The number of nitrogens with two attached hydrogens (primary N) is 1. The van der Waals surface area contributed by atoms with Crippen molar-refractivity contribution in [1.29, 1.82) is 0 Å². The van der Waals surface area contributed by atoms with Crippen LogP contribution >= 0.6 is 0 Å². The Morgan fingerprint density at radius 3 is 2.90 bits per heavy atom. The van der Waals surface area contributed by atoms with Gasteiger partial charge >= 0.3 is 11.9 Å². The van der Waals surface area contributed by atoms with Crippen LogP contribution in [0.15, 0.2) is 24.0 Å². The van der Waals surface area contributed by atoms with Crippen molar-refractivity contribution in [3.05, 3.63) is 40.7 Å². The van der Waals surface area contributed by atoms with E-state index in [1.807, 2.05) is 19.2 Å². The van der Waals surface area contributed by atoms with E-state index in [4.69, 9.17) is 20.3 Å². The first-order chi connectivity index (χ1) is 14.7. The smallest absolute Gasteiger partial charge is 0.321 e. The van der Waals surface area contributed by atoms with Crippen LogP contribution in [0.3, 0.4) is 0 Å². The van der Waals surface area contributed by atoms with Crippen LogP contribution in [-0.2, 0) is 32.8 Å². The van der Waals surface area contributed by atoms with E-state index in [1.165, 1.54) is 0 Å². The van der Waals surface area contributed by atoms with Gasteiger partial charge in [-0.1, -0.05) is 12.1 Å². The van der Waals surface area contributed by atoms with E-state index < -0.39 is 41.5 Å². The number of likely N-dealkylation sites (tertiary alicyclic amines) is 1. The maximum atomic E-state index is 12.4. The Morgan fingerprint density at radius 1 is 1.42 bits per heavy atom. The largest absolute Gasteiger partial charge is 0.481 e. The van der Waals surface area contributed by atoms with Gasteiger partial charge in [0.05, 0.1) is 24.0 Å². The molecule has 2 aliphatic heterocycles. The highest BCUT2D eigenvalue weighted by Gasteiger charge is 2.71. The number of carbonyl (C=O) groups excluding carboxylic acids is 1. The summed E-state index contributed by atoms with van der Waals surface area (Å²) in [5.41, 5.74) is 6.14. The number of hydrogen-bond acceptors (Lipinski definition) is 8. The van der Waals surface area contributed by atoms with E-state index in [9.17, 15) is 19.8 Å². The van der Waals surface area contributed by atoms with Crippen LogP contribution in [0, 0.1) is 0 Å². The first-order valence-electron chi connectivity index (χ1n) is 10.5. The van der Waals surface area contributed by atoms with Crippen LogP contribution < -0.4 is 10.5 Å². The topological polar surface area (TPSA) is 143 Å². The van der Waals surface area contributed by atoms with Crippen molar-refractivity contribution in [1.82, 2.24) is 4.90 Å². The molecule has 166 valence electrons. The number of aliphatic hydroxyl groups is 2. The van der Waals surface area contributed by atoms with Crippen LogP contribution in [0.2, 0.25) is 0 Å². The molecule has 31 heavy (non-hydrogen) atoms. The fourth-order valence-corrected chi connectivity index (χ4v) is 6.07. The molecule has 5 rings (SSSR count). The third kappa shape index (κ3) is 2.57. The first kappa shape index (κ1) is 20.4. The Bertz CT molecular complexity index is 1010. The number of aliphatic carboxylic acids is 1. The average molecular weight is 430 g/mol. The Hall–Kier alpha value is -2.46. The maximum Gasteiger partial charge on any atom is 0.321 e. The molecule has 4 aliphatic rings. The number of aliphatic hydroxyl groups excluding tert-OH is 1. The van der Waals surface area contributed by atoms with E-state index in [1.54, 1.807) is 6.08 Å². The van der Waals surface area contributed by atoms with Gasteiger partial charge in [0.1, 0.15) is 17.6 Å². The predicted octanol–water partition coefficient (Wildman–Crippen LogP) is -0.198. The second kappa shape index (κ2) is 6.77. The average Bonchev–Trinajstić information content (AvgIpc) is 3.08. The third-order valence-electron chi connectivity index (χ3n) is 7.56. The standard InChI is InChI=1S/C22H26N2O7/c1-24-7-6-21-17-11-2-3-12(10-25)18(17)31-19(21)14(4-5-22(21,29)15(24)8-11)30-16(26)9-13(23)20(27)28/h2-4,13,15,19,25,29H,5-10,23H2,1H3,(H,27,28)/t13-,15+,19-,21-,22+/m0/s1. The van der Waals surface area contributed by atoms with Crippen LogP contribution in [0.5, 0.6) is 5.75 Å². The van der Waals surface area contributed by atoms with Crippen LogP contribution in [0.25, 0.3) is 0 Å². The Labute approximate surface area is 179 Å². The molecule has 0 amide bonds. The third-order valence-corrected chi connectivity index (χ3v) is 7.56. The number of rotatable bonds is 5. The van der Waals surface area contributed by atoms with Crippen molar-refractivity contribution in [2.24, 2.45) is 5.73 Å². The Balaban J connectivity index is 1.59. The molecule has 0 unspecified atom stereocenters. The molecule has 9 heteroatoms. The lowest BCUT2D eigenvalue weighted by Gasteiger charge is -2.61. The molecule has 1 fully saturated rings. The number of carboxylic acid groups (broad SMARTS) is 1. The molecule has 0 saturated carbocycles. The molecule has 5 atom stereocenters. The minimum atomic E-state index is -1.36. The van der Waals surface area contributed by atoms with Gasteiger partial charge in [-0.25, -0.2) is 0 Å². The summed E-state index contributed by atoms with van der Waals surface area (Å²) in [5, 5.41) is 30.9. The van der Waals surface area contributed by atoms with Crippen molar-refractivity contribution in [2.45, 2.75) is 61.5 Å². The highest BCUT2D eigenvalue weighted by Crippen LogP contribution is 2.64. The number of esters is 1. The summed E-state index contributed by atoms with van der Waals surface area (Å²) in [7, 11) is 2.00. The van der Waals surface area contributed by atoms with E-state index >= 15 is 0 Å². The number of nitrogens with zero attached hydrogens (tertiary/aromatic N) is 1. The molecule has 2 aliphatic carbocycles. The predicted molar refractivity (Wildman–Crippen MR) is 107 cm³/mol. The number of carbonyl (C=O) groups is 2. The minimum absolute atomic E-state index is 0.125. The molecule has 2 bridgehead atoms. The number of ether oxygens (including phenoxy) is 2. The SMILES string of the molecule is CN1CC[C@]23c4c5ccc(CO)c4O[C@H]2C(OC(=O)C[C@H](N)C(=O)O)=CC[C@@]3(O)[C@H]1C5. The van der Waals surface area contributed by atoms with Gasteiger partial charge in [0, 0.05) is 23.6 Å². The normalized spacial score (nSPS) is 33.7. The zero-order valence-electron chi connectivity index (χ0n) is 17.2. The molecular weight excluding hydrogens is 404 g/mol. The van der Waals surface area contributed by atoms with Crippen LogP contribution in [0.1, 0.15) is 36.0 Å². The molecule has 0 radical (unpaired) electrons. The Morgan fingerprint density at radius 2 is 2.19 bits per heavy atom. The molecule has 2 heterocycles. The van der Waals surface area contributed by atoms with Crippen molar-refractivity contribution in [3.8, 4) is 5.75 Å². The Kier molecular flexibility index (Phi) is 4.46. The number of carboxylic acids is 1. The second-order valence-electron chi connectivity index (χ2n) is 9.02. The molecule has 0 aromatic heterocycles.